The molecule has 1 N–H and O–H groups in total. The van der Waals surface area contributed by atoms with Gasteiger partial charge in [-0.05, 0) is 32.5 Å². The molecule has 2 atom stereocenters. The second-order valence-electron chi connectivity index (χ2n) is 5.69. The van der Waals surface area contributed by atoms with E-state index in [1.54, 1.807) is 6.07 Å². The number of fused-ring (bicyclic) bond motifs is 1. The summed E-state index contributed by atoms with van der Waals surface area (Å²) in [5.41, 5.74) is 1.07. The summed E-state index contributed by atoms with van der Waals surface area (Å²) in [6.45, 7) is 7.12. The highest BCUT2D eigenvalue weighted by atomic mass is 35.5. The van der Waals surface area contributed by atoms with Gasteiger partial charge in [-0.15, -0.1) is 0 Å². The van der Waals surface area contributed by atoms with Crippen LogP contribution in [0.3, 0.4) is 0 Å². The first-order valence-corrected chi connectivity index (χ1v) is 8.33. The van der Waals surface area contributed by atoms with Gasteiger partial charge in [0.2, 0.25) is 0 Å². The molecule has 0 fully saturated rings. The minimum Gasteiger partial charge on any atom is -0.492 e. The number of ether oxygens (including phenoxy) is 1. The maximum Gasteiger partial charge on any atom is 0.142 e. The summed E-state index contributed by atoms with van der Waals surface area (Å²) >= 11 is 12.3. The van der Waals surface area contributed by atoms with Gasteiger partial charge < -0.3 is 15.0 Å². The number of rotatable bonds is 6. The van der Waals surface area contributed by atoms with Gasteiger partial charge in [0.1, 0.15) is 5.75 Å². The van der Waals surface area contributed by atoms with Crippen LogP contribution in [0.15, 0.2) is 12.1 Å². The molecule has 5 heteroatoms. The Balaban J connectivity index is 1.97. The highest BCUT2D eigenvalue weighted by Crippen LogP contribution is 2.39. The van der Waals surface area contributed by atoms with Crippen molar-refractivity contribution in [2.45, 2.75) is 38.8 Å². The maximum atomic E-state index is 6.21. The van der Waals surface area contributed by atoms with Crippen molar-refractivity contribution >= 4 is 23.2 Å². The van der Waals surface area contributed by atoms with E-state index < -0.39 is 0 Å². The van der Waals surface area contributed by atoms with Crippen molar-refractivity contribution in [1.29, 1.82) is 0 Å². The average Bonchev–Trinajstić information content (AvgIpc) is 2.46. The van der Waals surface area contributed by atoms with Crippen molar-refractivity contribution in [2.24, 2.45) is 0 Å². The summed E-state index contributed by atoms with van der Waals surface area (Å²) in [5.74, 6) is 0.778. The van der Waals surface area contributed by atoms with Crippen LogP contribution in [0.1, 0.15) is 38.3 Å². The fourth-order valence-corrected chi connectivity index (χ4v) is 3.15. The predicted octanol–water partition coefficient (Wildman–Crippen LogP) is 4.14. The molecule has 21 heavy (non-hydrogen) atoms. The van der Waals surface area contributed by atoms with Crippen molar-refractivity contribution in [3.05, 3.63) is 27.7 Å². The Morgan fingerprint density at radius 3 is 2.90 bits per heavy atom. The van der Waals surface area contributed by atoms with Crippen LogP contribution < -0.4 is 10.1 Å². The van der Waals surface area contributed by atoms with Gasteiger partial charge in [0.05, 0.1) is 11.6 Å². The Hall–Kier alpha value is -0.480. The molecule has 1 aliphatic heterocycles. The van der Waals surface area contributed by atoms with Crippen LogP contribution in [0.2, 0.25) is 10.0 Å². The van der Waals surface area contributed by atoms with E-state index in [1.807, 2.05) is 6.07 Å². The monoisotopic (exact) mass is 330 g/mol. The summed E-state index contributed by atoms with van der Waals surface area (Å²) in [6.07, 6.45) is 2.11. The van der Waals surface area contributed by atoms with Gasteiger partial charge in [-0.3, -0.25) is 0 Å². The van der Waals surface area contributed by atoms with Crippen LogP contribution in [0.5, 0.6) is 5.75 Å². The van der Waals surface area contributed by atoms with E-state index in [0.29, 0.717) is 22.7 Å². The Kier molecular flexibility index (Phi) is 6.18. The van der Waals surface area contributed by atoms with Crippen molar-refractivity contribution in [3.63, 3.8) is 0 Å². The molecule has 2 rings (SSSR count). The van der Waals surface area contributed by atoms with Gasteiger partial charge in [0.25, 0.3) is 0 Å². The van der Waals surface area contributed by atoms with Crippen molar-refractivity contribution in [1.82, 2.24) is 10.2 Å². The molecular weight excluding hydrogens is 307 g/mol. The molecule has 0 aliphatic carbocycles. The highest BCUT2D eigenvalue weighted by molar-refractivity contribution is 6.35. The van der Waals surface area contributed by atoms with Crippen molar-refractivity contribution in [2.75, 3.05) is 26.7 Å². The number of halogens is 2. The minimum atomic E-state index is 0.260. The van der Waals surface area contributed by atoms with Crippen LogP contribution in [-0.4, -0.2) is 37.7 Å². The van der Waals surface area contributed by atoms with E-state index in [0.717, 1.165) is 30.8 Å². The Labute approximate surface area is 137 Å². The first-order valence-electron chi connectivity index (χ1n) is 7.58. The standard InChI is InChI=1S/C16H24Cl2N2O/c1-4-11(2)20(3)7-6-19-15-5-8-21-16-13(15)9-12(17)10-14(16)18/h9-11,15,19H,4-8H2,1-3H3. The first-order chi connectivity index (χ1) is 10.0. The van der Waals surface area contributed by atoms with Gasteiger partial charge in [-0.2, -0.15) is 0 Å². The van der Waals surface area contributed by atoms with Crippen LogP contribution in [0.4, 0.5) is 0 Å². The molecule has 1 aliphatic rings. The topological polar surface area (TPSA) is 24.5 Å². The Bertz CT molecular complexity index is 482. The lowest BCUT2D eigenvalue weighted by Gasteiger charge is -2.29. The van der Waals surface area contributed by atoms with E-state index in [9.17, 15) is 0 Å². The van der Waals surface area contributed by atoms with Crippen LogP contribution in [-0.2, 0) is 0 Å². The van der Waals surface area contributed by atoms with E-state index in [-0.39, 0.29) is 6.04 Å². The highest BCUT2D eigenvalue weighted by Gasteiger charge is 2.24. The van der Waals surface area contributed by atoms with E-state index in [4.69, 9.17) is 27.9 Å². The van der Waals surface area contributed by atoms with Crippen molar-refractivity contribution in [3.8, 4) is 5.75 Å². The lowest BCUT2D eigenvalue weighted by Crippen LogP contribution is -2.37. The molecule has 0 radical (unpaired) electrons. The van der Waals surface area contributed by atoms with Crippen LogP contribution >= 0.6 is 23.2 Å². The number of nitrogens with zero attached hydrogens (tertiary/aromatic N) is 1. The zero-order valence-electron chi connectivity index (χ0n) is 13.0. The molecule has 0 saturated heterocycles. The largest absolute Gasteiger partial charge is 0.492 e. The van der Waals surface area contributed by atoms with Crippen molar-refractivity contribution < 1.29 is 4.74 Å². The molecular formula is C16H24Cl2N2O. The molecule has 118 valence electrons. The summed E-state index contributed by atoms with van der Waals surface area (Å²) in [7, 11) is 2.17. The number of hydrogen-bond acceptors (Lipinski definition) is 3. The zero-order valence-corrected chi connectivity index (χ0v) is 14.5. The molecule has 1 aromatic rings. The molecule has 0 amide bonds. The number of benzene rings is 1. The third-order valence-corrected chi connectivity index (χ3v) is 4.76. The molecule has 0 bridgehead atoms. The fraction of sp³-hybridized carbons (Fsp3) is 0.625. The number of hydrogen-bond donors (Lipinski definition) is 1. The summed E-state index contributed by atoms with van der Waals surface area (Å²) in [6, 6.07) is 4.56. The third-order valence-electron chi connectivity index (χ3n) is 4.26. The molecule has 1 aromatic carbocycles. The predicted molar refractivity (Wildman–Crippen MR) is 89.7 cm³/mol. The van der Waals surface area contributed by atoms with E-state index >= 15 is 0 Å². The lowest BCUT2D eigenvalue weighted by molar-refractivity contribution is 0.229. The molecule has 3 nitrogen and oxygen atoms in total. The van der Waals surface area contributed by atoms with E-state index in [1.165, 1.54) is 6.42 Å². The normalized spacial score (nSPS) is 19.2. The van der Waals surface area contributed by atoms with Gasteiger partial charge in [0, 0.05) is 42.2 Å². The lowest BCUT2D eigenvalue weighted by atomic mass is 10.0. The Morgan fingerprint density at radius 2 is 2.19 bits per heavy atom. The zero-order chi connectivity index (χ0) is 15.4. The summed E-state index contributed by atoms with van der Waals surface area (Å²) in [4.78, 5) is 2.37. The summed E-state index contributed by atoms with van der Waals surface area (Å²) < 4.78 is 5.68. The van der Waals surface area contributed by atoms with Gasteiger partial charge in [0.15, 0.2) is 0 Å². The quantitative estimate of drug-likeness (QED) is 0.848. The first kappa shape index (κ1) is 16.9. The number of nitrogens with one attached hydrogen (secondary N) is 1. The maximum absolute atomic E-state index is 6.21. The molecule has 1 heterocycles. The molecule has 0 aromatic heterocycles. The minimum absolute atomic E-state index is 0.260. The Morgan fingerprint density at radius 1 is 1.43 bits per heavy atom. The number of likely N-dealkylation sites (N-methyl/N-ethyl adjacent to an activating group) is 1. The van der Waals surface area contributed by atoms with Gasteiger partial charge in [-0.1, -0.05) is 30.1 Å². The second-order valence-corrected chi connectivity index (χ2v) is 6.53. The molecule has 0 saturated carbocycles. The third kappa shape index (κ3) is 4.26. The second kappa shape index (κ2) is 7.68. The van der Waals surface area contributed by atoms with E-state index in [2.05, 4.69) is 31.1 Å². The average molecular weight is 331 g/mol. The van der Waals surface area contributed by atoms with Gasteiger partial charge >= 0.3 is 0 Å². The SMILES string of the molecule is CCC(C)N(C)CCNC1CCOc2c(Cl)cc(Cl)cc21. The molecule has 0 spiro atoms. The van der Waals surface area contributed by atoms with Gasteiger partial charge in [-0.25, -0.2) is 0 Å². The van der Waals surface area contributed by atoms with Crippen LogP contribution in [0, 0.1) is 0 Å². The summed E-state index contributed by atoms with van der Waals surface area (Å²) in [5, 5.41) is 4.86. The fourth-order valence-electron chi connectivity index (χ4n) is 2.58. The van der Waals surface area contributed by atoms with Crippen LogP contribution in [0.25, 0.3) is 0 Å². The smallest absolute Gasteiger partial charge is 0.142 e. The molecule has 2 unspecified atom stereocenters.